The molecule has 3 aromatic carbocycles. The second kappa shape index (κ2) is 10.4. The zero-order valence-electron chi connectivity index (χ0n) is 22.5. The summed E-state index contributed by atoms with van der Waals surface area (Å²) in [5.41, 5.74) is 12.4. The summed E-state index contributed by atoms with van der Waals surface area (Å²) in [5.74, 6) is 0.00487. The van der Waals surface area contributed by atoms with Crippen molar-refractivity contribution >= 4 is 19.3 Å². The van der Waals surface area contributed by atoms with Crippen LogP contribution in [0.3, 0.4) is 0 Å². The highest BCUT2D eigenvalue weighted by Crippen LogP contribution is 2.44. The zero-order chi connectivity index (χ0) is 26.9. The summed E-state index contributed by atoms with van der Waals surface area (Å²) in [4.78, 5) is 12.9. The van der Waals surface area contributed by atoms with Gasteiger partial charge in [0.15, 0.2) is 0 Å². The van der Waals surface area contributed by atoms with Gasteiger partial charge in [-0.2, -0.15) is 0 Å². The highest BCUT2D eigenvalue weighted by Gasteiger charge is 2.52. The Labute approximate surface area is 225 Å². The van der Waals surface area contributed by atoms with Crippen LogP contribution in [0.15, 0.2) is 78.3 Å². The Morgan fingerprint density at radius 3 is 2.16 bits per heavy atom. The quantitative estimate of drug-likeness (QED) is 0.399. The van der Waals surface area contributed by atoms with Crippen LogP contribution in [-0.2, 0) is 20.6 Å². The second-order valence-electron chi connectivity index (χ2n) is 10.9. The first-order chi connectivity index (χ1) is 18.2. The van der Waals surface area contributed by atoms with Gasteiger partial charge in [0.05, 0.1) is 11.2 Å². The van der Waals surface area contributed by atoms with E-state index >= 15 is 0 Å². The van der Waals surface area contributed by atoms with Gasteiger partial charge in [0.2, 0.25) is 0 Å². The minimum absolute atomic E-state index is 0.00487. The molecule has 1 fully saturated rings. The third kappa shape index (κ3) is 5.14. The number of carbonyl (C=O) groups is 1. The molecule has 7 heteroatoms. The number of hydrogen-bond acceptors (Lipinski definition) is 5. The lowest BCUT2D eigenvalue weighted by Crippen LogP contribution is -2.41. The molecule has 3 N–H and O–H groups in total. The smallest absolute Gasteiger partial charge is 0.449 e. The standard InChI is InChI=1S/C31H35BN2O4/c1-30(2)31(3,4)38-32(37-30)23(17-21-10-9-11-22(16-21)18-33)19-34-29(35)36-20-28-26-14-7-5-12-24(26)25-13-6-8-15-27(25)28/h5-17,28H,18-20,33H2,1-4H3,(H,34,35). The molecule has 0 unspecified atom stereocenters. The van der Waals surface area contributed by atoms with Gasteiger partial charge in [0.1, 0.15) is 6.61 Å². The number of amides is 1. The van der Waals surface area contributed by atoms with E-state index < -0.39 is 24.4 Å². The molecule has 38 heavy (non-hydrogen) atoms. The van der Waals surface area contributed by atoms with Crippen molar-refractivity contribution in [3.05, 3.63) is 101 Å². The Bertz CT molecular complexity index is 1310. The van der Waals surface area contributed by atoms with Crippen molar-refractivity contribution in [2.45, 2.75) is 51.4 Å². The average molecular weight is 510 g/mol. The van der Waals surface area contributed by atoms with Gasteiger partial charge < -0.3 is 25.1 Å². The maximum atomic E-state index is 12.9. The fraction of sp³-hybridized carbons (Fsp3) is 0.323. The Morgan fingerprint density at radius 1 is 0.947 bits per heavy atom. The van der Waals surface area contributed by atoms with Crippen LogP contribution >= 0.6 is 0 Å². The lowest BCUT2D eigenvalue weighted by molar-refractivity contribution is 0.00578. The van der Waals surface area contributed by atoms with Crippen molar-refractivity contribution in [1.82, 2.24) is 5.32 Å². The molecule has 1 amide bonds. The maximum absolute atomic E-state index is 12.9. The minimum Gasteiger partial charge on any atom is -0.449 e. The van der Waals surface area contributed by atoms with Crippen molar-refractivity contribution in [3.8, 4) is 11.1 Å². The van der Waals surface area contributed by atoms with E-state index in [4.69, 9.17) is 19.8 Å². The van der Waals surface area contributed by atoms with E-state index in [1.54, 1.807) is 0 Å². The molecule has 1 saturated heterocycles. The largest absolute Gasteiger partial charge is 0.492 e. The molecule has 2 aliphatic rings. The number of ether oxygens (including phenoxy) is 1. The van der Waals surface area contributed by atoms with Gasteiger partial charge in [0, 0.05) is 19.0 Å². The molecular weight excluding hydrogens is 475 g/mol. The molecule has 1 heterocycles. The van der Waals surface area contributed by atoms with E-state index in [-0.39, 0.29) is 19.1 Å². The van der Waals surface area contributed by atoms with Crippen molar-refractivity contribution in [2.24, 2.45) is 5.73 Å². The maximum Gasteiger partial charge on any atom is 0.492 e. The monoisotopic (exact) mass is 510 g/mol. The molecule has 1 aliphatic carbocycles. The average Bonchev–Trinajstić information content (AvgIpc) is 3.34. The molecule has 0 bridgehead atoms. The fourth-order valence-corrected chi connectivity index (χ4v) is 5.04. The molecule has 1 aliphatic heterocycles. The number of fused-ring (bicyclic) bond motifs is 3. The van der Waals surface area contributed by atoms with E-state index in [9.17, 15) is 4.79 Å². The molecule has 0 radical (unpaired) electrons. The summed E-state index contributed by atoms with van der Waals surface area (Å²) in [6.45, 7) is 8.98. The summed E-state index contributed by atoms with van der Waals surface area (Å²) in [6, 6.07) is 24.6. The van der Waals surface area contributed by atoms with Crippen molar-refractivity contribution < 1.29 is 18.8 Å². The summed E-state index contributed by atoms with van der Waals surface area (Å²) < 4.78 is 18.3. The molecular formula is C31H35BN2O4. The van der Waals surface area contributed by atoms with Gasteiger partial charge in [0.25, 0.3) is 0 Å². The summed E-state index contributed by atoms with van der Waals surface area (Å²) in [6.07, 6.45) is 1.51. The van der Waals surface area contributed by atoms with E-state index in [0.29, 0.717) is 6.54 Å². The van der Waals surface area contributed by atoms with Gasteiger partial charge in [-0.25, -0.2) is 4.79 Å². The number of nitrogens with two attached hydrogens (primary N) is 1. The molecule has 5 rings (SSSR count). The molecule has 0 spiro atoms. The molecule has 0 saturated carbocycles. The lowest BCUT2D eigenvalue weighted by Gasteiger charge is -2.32. The van der Waals surface area contributed by atoms with Crippen LogP contribution in [0.4, 0.5) is 4.79 Å². The highest BCUT2D eigenvalue weighted by atomic mass is 16.7. The van der Waals surface area contributed by atoms with Gasteiger partial charge in [-0.3, -0.25) is 0 Å². The Kier molecular flexibility index (Phi) is 7.18. The lowest BCUT2D eigenvalue weighted by atomic mass is 9.77. The first-order valence-corrected chi connectivity index (χ1v) is 13.1. The van der Waals surface area contributed by atoms with Crippen molar-refractivity contribution in [1.29, 1.82) is 0 Å². The van der Waals surface area contributed by atoms with Crippen LogP contribution in [-0.4, -0.2) is 37.6 Å². The van der Waals surface area contributed by atoms with Crippen LogP contribution in [0.25, 0.3) is 17.2 Å². The third-order valence-corrected chi connectivity index (χ3v) is 7.88. The second-order valence-corrected chi connectivity index (χ2v) is 10.9. The van der Waals surface area contributed by atoms with E-state index in [0.717, 1.165) is 16.6 Å². The first kappa shape index (κ1) is 26.2. The van der Waals surface area contributed by atoms with Crippen LogP contribution in [0.1, 0.15) is 55.9 Å². The molecule has 0 aromatic heterocycles. The van der Waals surface area contributed by atoms with Crippen LogP contribution in [0, 0.1) is 0 Å². The number of alkyl carbamates (subject to hydrolysis) is 1. The number of carbonyl (C=O) groups excluding carboxylic acids is 1. The predicted molar refractivity (Wildman–Crippen MR) is 151 cm³/mol. The zero-order valence-corrected chi connectivity index (χ0v) is 22.5. The molecule has 3 aromatic rings. The fourth-order valence-electron chi connectivity index (χ4n) is 5.04. The highest BCUT2D eigenvalue weighted by molar-refractivity contribution is 6.56. The SMILES string of the molecule is CC1(C)OB(C(=Cc2cccc(CN)c2)CNC(=O)OCC2c3ccccc3-c3ccccc32)OC1(C)C. The normalized spacial score (nSPS) is 17.7. The Morgan fingerprint density at radius 2 is 1.55 bits per heavy atom. The molecule has 196 valence electrons. The molecule has 0 atom stereocenters. The number of nitrogens with one attached hydrogen (secondary N) is 1. The topological polar surface area (TPSA) is 82.8 Å². The van der Waals surface area contributed by atoms with Gasteiger partial charge >= 0.3 is 13.2 Å². The van der Waals surface area contributed by atoms with Crippen molar-refractivity contribution in [3.63, 3.8) is 0 Å². The van der Waals surface area contributed by atoms with Crippen LogP contribution in [0.2, 0.25) is 0 Å². The molecule has 6 nitrogen and oxygen atoms in total. The first-order valence-electron chi connectivity index (χ1n) is 13.1. The minimum atomic E-state index is -0.601. The van der Waals surface area contributed by atoms with Gasteiger partial charge in [-0.15, -0.1) is 0 Å². The summed E-state index contributed by atoms with van der Waals surface area (Å²) in [5, 5.41) is 2.92. The summed E-state index contributed by atoms with van der Waals surface area (Å²) in [7, 11) is -0.601. The number of rotatable bonds is 7. The Hall–Kier alpha value is -3.39. The number of benzene rings is 3. The van der Waals surface area contributed by atoms with Crippen molar-refractivity contribution in [2.75, 3.05) is 13.2 Å². The number of hydrogen-bond donors (Lipinski definition) is 2. The van der Waals surface area contributed by atoms with Gasteiger partial charge in [-0.05, 0) is 66.5 Å². The van der Waals surface area contributed by atoms with E-state index in [2.05, 4.69) is 29.6 Å². The van der Waals surface area contributed by atoms with E-state index in [1.165, 1.54) is 22.3 Å². The third-order valence-electron chi connectivity index (χ3n) is 7.88. The van der Waals surface area contributed by atoms with E-state index in [1.807, 2.05) is 82.3 Å². The summed E-state index contributed by atoms with van der Waals surface area (Å²) >= 11 is 0. The predicted octanol–water partition coefficient (Wildman–Crippen LogP) is 5.70. The van der Waals surface area contributed by atoms with Gasteiger partial charge in [-0.1, -0.05) is 78.9 Å². The van der Waals surface area contributed by atoms with Crippen LogP contribution in [0.5, 0.6) is 0 Å². The Balaban J connectivity index is 1.30. The van der Waals surface area contributed by atoms with Crippen LogP contribution < -0.4 is 11.1 Å².